The molecule has 0 spiro atoms. The number of thioether (sulfide) groups is 1. The molecule has 0 aliphatic rings. The fraction of sp³-hybridized carbons (Fsp3) is 0.400. The number of aromatic nitrogens is 2. The lowest BCUT2D eigenvalue weighted by molar-refractivity contribution is -0.118. The molecule has 0 fully saturated rings. The molecule has 23 heavy (non-hydrogen) atoms. The smallest absolute Gasteiger partial charge is 0.230 e. The van der Waals surface area contributed by atoms with Crippen LogP contribution in [-0.2, 0) is 11.2 Å². The van der Waals surface area contributed by atoms with Crippen LogP contribution in [0.5, 0.6) is 5.75 Å². The van der Waals surface area contributed by atoms with Crippen molar-refractivity contribution in [2.45, 2.75) is 17.7 Å². The zero-order valence-corrected chi connectivity index (χ0v) is 14.8. The molecule has 1 amide bonds. The molecule has 8 heteroatoms. The topological polar surface area (TPSA) is 76.1 Å². The van der Waals surface area contributed by atoms with Crippen molar-refractivity contribution in [3.63, 3.8) is 0 Å². The largest absolute Gasteiger partial charge is 0.497 e. The van der Waals surface area contributed by atoms with Gasteiger partial charge >= 0.3 is 0 Å². The van der Waals surface area contributed by atoms with E-state index < -0.39 is 0 Å². The van der Waals surface area contributed by atoms with E-state index in [1.165, 1.54) is 23.1 Å². The minimum atomic E-state index is 0.00344. The Bertz CT molecular complexity index is 616. The third-order valence-corrected chi connectivity index (χ3v) is 4.97. The molecule has 2 N–H and O–H groups in total. The molecule has 1 heterocycles. The van der Waals surface area contributed by atoms with Crippen LogP contribution >= 0.6 is 23.1 Å². The molecule has 0 saturated carbocycles. The number of rotatable bonds is 9. The molecular weight excluding hydrogens is 332 g/mol. The quantitative estimate of drug-likeness (QED) is 0.675. The lowest BCUT2D eigenvalue weighted by atomic mass is 10.1. The molecular formula is C15H20N4O2S2. The number of amides is 1. The van der Waals surface area contributed by atoms with Crippen molar-refractivity contribution in [1.82, 2.24) is 15.5 Å². The minimum Gasteiger partial charge on any atom is -0.497 e. The van der Waals surface area contributed by atoms with Crippen molar-refractivity contribution in [3.8, 4) is 5.75 Å². The normalized spacial score (nSPS) is 10.3. The summed E-state index contributed by atoms with van der Waals surface area (Å²) in [5.41, 5.74) is 1.16. The molecule has 0 bridgehead atoms. The van der Waals surface area contributed by atoms with Crippen molar-refractivity contribution in [1.29, 1.82) is 0 Å². The van der Waals surface area contributed by atoms with Gasteiger partial charge in [-0.2, -0.15) is 0 Å². The van der Waals surface area contributed by atoms with Crippen molar-refractivity contribution in [2.24, 2.45) is 0 Å². The average molecular weight is 352 g/mol. The second kappa shape index (κ2) is 9.36. The number of hydrogen-bond donors (Lipinski definition) is 2. The average Bonchev–Trinajstić information content (AvgIpc) is 3.02. The van der Waals surface area contributed by atoms with Crippen LogP contribution in [0.25, 0.3) is 0 Å². The molecule has 0 atom stereocenters. The van der Waals surface area contributed by atoms with Crippen LogP contribution in [0.3, 0.4) is 0 Å². The van der Waals surface area contributed by atoms with Gasteiger partial charge < -0.3 is 15.4 Å². The maximum atomic E-state index is 11.8. The van der Waals surface area contributed by atoms with E-state index in [9.17, 15) is 4.79 Å². The lowest BCUT2D eigenvalue weighted by Crippen LogP contribution is -2.27. The Morgan fingerprint density at radius 1 is 1.30 bits per heavy atom. The van der Waals surface area contributed by atoms with Crippen LogP contribution < -0.4 is 15.4 Å². The molecule has 0 aliphatic carbocycles. The number of nitrogens with zero attached hydrogens (tertiary/aromatic N) is 2. The number of benzene rings is 1. The first kappa shape index (κ1) is 17.6. The van der Waals surface area contributed by atoms with E-state index in [-0.39, 0.29) is 5.91 Å². The van der Waals surface area contributed by atoms with Crippen molar-refractivity contribution in [3.05, 3.63) is 29.8 Å². The van der Waals surface area contributed by atoms with E-state index in [4.69, 9.17) is 4.74 Å². The molecule has 0 aliphatic heterocycles. The van der Waals surface area contributed by atoms with Gasteiger partial charge in [-0.25, -0.2) is 0 Å². The summed E-state index contributed by atoms with van der Waals surface area (Å²) in [7, 11) is 1.64. The van der Waals surface area contributed by atoms with Crippen LogP contribution in [0.15, 0.2) is 28.6 Å². The predicted octanol–water partition coefficient (Wildman–Crippen LogP) is 2.43. The first-order valence-corrected chi connectivity index (χ1v) is 9.11. The van der Waals surface area contributed by atoms with E-state index in [1.807, 2.05) is 31.2 Å². The van der Waals surface area contributed by atoms with Gasteiger partial charge in [-0.1, -0.05) is 35.2 Å². The summed E-state index contributed by atoms with van der Waals surface area (Å²) < 4.78 is 5.91. The van der Waals surface area contributed by atoms with Gasteiger partial charge in [0.15, 0.2) is 4.34 Å². The van der Waals surface area contributed by atoms with Gasteiger partial charge in [0.05, 0.1) is 12.9 Å². The number of hydrogen-bond acceptors (Lipinski definition) is 7. The molecule has 6 nitrogen and oxygen atoms in total. The fourth-order valence-corrected chi connectivity index (χ4v) is 3.46. The third kappa shape index (κ3) is 6.07. The summed E-state index contributed by atoms with van der Waals surface area (Å²) in [6.07, 6.45) is 0.795. The molecule has 2 aromatic rings. The summed E-state index contributed by atoms with van der Waals surface area (Å²) in [6, 6.07) is 7.85. The van der Waals surface area contributed by atoms with E-state index >= 15 is 0 Å². The number of nitrogens with one attached hydrogen (secondary N) is 2. The lowest BCUT2D eigenvalue weighted by Gasteiger charge is -2.05. The van der Waals surface area contributed by atoms with Gasteiger partial charge in [0.1, 0.15) is 5.75 Å². The Kier molecular flexibility index (Phi) is 7.15. The second-order valence-corrected chi connectivity index (χ2v) is 6.84. The molecule has 0 unspecified atom stereocenters. The number of methoxy groups -OCH3 is 1. The molecule has 0 radical (unpaired) electrons. The number of anilines is 1. The zero-order valence-electron chi connectivity index (χ0n) is 13.2. The van der Waals surface area contributed by atoms with Crippen LogP contribution in [-0.4, -0.2) is 42.1 Å². The minimum absolute atomic E-state index is 0.00344. The highest BCUT2D eigenvalue weighted by molar-refractivity contribution is 8.01. The predicted molar refractivity (Wildman–Crippen MR) is 94.5 cm³/mol. The van der Waals surface area contributed by atoms with Crippen LogP contribution in [0, 0.1) is 0 Å². The zero-order chi connectivity index (χ0) is 16.5. The SMILES string of the molecule is CCNc1nnc(SCC(=O)NCCc2ccc(OC)cc2)s1. The van der Waals surface area contributed by atoms with E-state index in [0.29, 0.717) is 12.3 Å². The summed E-state index contributed by atoms with van der Waals surface area (Å²) in [5.74, 6) is 1.19. The molecule has 1 aromatic heterocycles. The van der Waals surface area contributed by atoms with Gasteiger partial charge in [-0.15, -0.1) is 10.2 Å². The van der Waals surface area contributed by atoms with Crippen LogP contribution in [0.2, 0.25) is 0 Å². The highest BCUT2D eigenvalue weighted by Gasteiger charge is 2.07. The summed E-state index contributed by atoms with van der Waals surface area (Å²) in [5, 5.41) is 14.8. The van der Waals surface area contributed by atoms with E-state index in [1.54, 1.807) is 7.11 Å². The Labute approximate surface area is 144 Å². The molecule has 0 saturated heterocycles. The van der Waals surface area contributed by atoms with E-state index in [0.717, 1.165) is 33.7 Å². The van der Waals surface area contributed by atoms with Gasteiger partial charge in [0, 0.05) is 13.1 Å². The van der Waals surface area contributed by atoms with Crippen LogP contribution in [0.4, 0.5) is 5.13 Å². The van der Waals surface area contributed by atoms with Crippen molar-refractivity contribution < 1.29 is 9.53 Å². The Morgan fingerprint density at radius 2 is 2.09 bits per heavy atom. The van der Waals surface area contributed by atoms with Crippen LogP contribution in [0.1, 0.15) is 12.5 Å². The van der Waals surface area contributed by atoms with Crippen molar-refractivity contribution in [2.75, 3.05) is 31.3 Å². The number of ether oxygens (including phenoxy) is 1. The highest BCUT2D eigenvalue weighted by Crippen LogP contribution is 2.24. The Hall–Kier alpha value is -1.80. The third-order valence-electron chi connectivity index (χ3n) is 2.96. The molecule has 1 aromatic carbocycles. The van der Waals surface area contributed by atoms with Gasteiger partial charge in [-0.05, 0) is 31.0 Å². The number of carbonyl (C=O) groups excluding carboxylic acids is 1. The molecule has 124 valence electrons. The Balaban J connectivity index is 1.66. The van der Waals surface area contributed by atoms with Gasteiger partial charge in [0.25, 0.3) is 0 Å². The highest BCUT2D eigenvalue weighted by atomic mass is 32.2. The number of carbonyl (C=O) groups is 1. The fourth-order valence-electron chi connectivity index (χ4n) is 1.81. The summed E-state index contributed by atoms with van der Waals surface area (Å²) >= 11 is 2.86. The van der Waals surface area contributed by atoms with Gasteiger partial charge in [0.2, 0.25) is 11.0 Å². The molecule has 2 rings (SSSR count). The summed E-state index contributed by atoms with van der Waals surface area (Å²) in [6.45, 7) is 3.43. The maximum absolute atomic E-state index is 11.8. The monoisotopic (exact) mass is 352 g/mol. The summed E-state index contributed by atoms with van der Waals surface area (Å²) in [4.78, 5) is 11.8. The van der Waals surface area contributed by atoms with E-state index in [2.05, 4.69) is 20.8 Å². The first-order valence-electron chi connectivity index (χ1n) is 7.31. The Morgan fingerprint density at radius 3 is 2.78 bits per heavy atom. The van der Waals surface area contributed by atoms with Gasteiger partial charge in [-0.3, -0.25) is 4.79 Å². The second-order valence-electron chi connectivity index (χ2n) is 4.64. The maximum Gasteiger partial charge on any atom is 0.230 e. The first-order chi connectivity index (χ1) is 11.2. The standard InChI is InChI=1S/C15H20N4O2S2/c1-3-16-14-18-19-15(23-14)22-10-13(20)17-9-8-11-4-6-12(21-2)7-5-11/h4-7H,3,8-10H2,1-2H3,(H,16,18)(H,17,20). The van der Waals surface area contributed by atoms with Crippen molar-refractivity contribution >= 4 is 34.1 Å².